The van der Waals surface area contributed by atoms with E-state index < -0.39 is 0 Å². The lowest BCUT2D eigenvalue weighted by molar-refractivity contribution is 0.0647. The fraction of sp³-hybridized carbons (Fsp3) is 0.692. The maximum Gasteiger partial charge on any atom is 0.276 e. The van der Waals surface area contributed by atoms with Crippen LogP contribution >= 0.6 is 0 Å². The number of nitrogens with zero attached hydrogens (tertiary/aromatic N) is 2. The maximum absolute atomic E-state index is 12.5. The number of aromatic amines is 1. The fourth-order valence-electron chi connectivity index (χ4n) is 2.60. The first-order chi connectivity index (χ1) is 8.47. The van der Waals surface area contributed by atoms with Crippen LogP contribution < -0.4 is 5.73 Å². The Balaban J connectivity index is 2.24. The highest BCUT2D eigenvalue weighted by molar-refractivity contribution is 5.98. The van der Waals surface area contributed by atoms with Crippen LogP contribution in [0.1, 0.15) is 56.2 Å². The standard InChI is InChI=1S/C13H22N4O/c1-4-6-9-10(14)11(16-15-9)12(18)17-8-5-7-13(17,2)3/h4-8,14H2,1-3H3,(H,15,16). The molecule has 0 atom stereocenters. The van der Waals surface area contributed by atoms with Crippen molar-refractivity contribution in [3.63, 3.8) is 0 Å². The summed E-state index contributed by atoms with van der Waals surface area (Å²) in [6.45, 7) is 7.05. The van der Waals surface area contributed by atoms with Gasteiger partial charge in [0.05, 0.1) is 11.4 Å². The van der Waals surface area contributed by atoms with E-state index in [4.69, 9.17) is 5.73 Å². The molecule has 1 amide bonds. The number of hydrogen-bond acceptors (Lipinski definition) is 3. The maximum atomic E-state index is 12.5. The van der Waals surface area contributed by atoms with Gasteiger partial charge in [0.2, 0.25) is 0 Å². The van der Waals surface area contributed by atoms with E-state index in [-0.39, 0.29) is 11.4 Å². The Morgan fingerprint density at radius 3 is 2.83 bits per heavy atom. The van der Waals surface area contributed by atoms with Crippen molar-refractivity contribution >= 4 is 11.6 Å². The molecule has 1 aromatic rings. The molecule has 2 heterocycles. The number of rotatable bonds is 3. The molecule has 3 N–H and O–H groups in total. The molecule has 0 spiro atoms. The number of nitrogens with one attached hydrogen (secondary N) is 1. The van der Waals surface area contributed by atoms with E-state index in [2.05, 4.69) is 31.0 Å². The van der Waals surface area contributed by atoms with Crippen LogP contribution in [0.3, 0.4) is 0 Å². The van der Waals surface area contributed by atoms with Crippen LogP contribution in [0.4, 0.5) is 5.69 Å². The molecule has 5 nitrogen and oxygen atoms in total. The van der Waals surface area contributed by atoms with Gasteiger partial charge < -0.3 is 10.6 Å². The minimum atomic E-state index is -0.0899. The Morgan fingerprint density at radius 1 is 1.56 bits per heavy atom. The molecular weight excluding hydrogens is 228 g/mol. The first kappa shape index (κ1) is 12.9. The number of carbonyl (C=O) groups excluding carboxylic acids is 1. The van der Waals surface area contributed by atoms with E-state index in [0.29, 0.717) is 11.4 Å². The molecule has 1 aliphatic rings. The molecule has 1 aromatic heterocycles. The summed E-state index contributed by atoms with van der Waals surface area (Å²) in [5.41, 5.74) is 7.69. The van der Waals surface area contributed by atoms with Crippen LogP contribution in [0, 0.1) is 0 Å². The molecule has 0 saturated carbocycles. The van der Waals surface area contributed by atoms with Crippen LogP contribution in [0.15, 0.2) is 0 Å². The molecule has 0 bridgehead atoms. The molecule has 0 unspecified atom stereocenters. The summed E-state index contributed by atoms with van der Waals surface area (Å²) in [5, 5.41) is 6.99. The third kappa shape index (κ3) is 2.09. The van der Waals surface area contributed by atoms with Crippen molar-refractivity contribution in [2.75, 3.05) is 12.3 Å². The number of H-pyrrole nitrogens is 1. The lowest BCUT2D eigenvalue weighted by Crippen LogP contribution is -2.43. The zero-order chi connectivity index (χ0) is 13.3. The Morgan fingerprint density at radius 2 is 2.28 bits per heavy atom. The summed E-state index contributed by atoms with van der Waals surface area (Å²) in [5.74, 6) is -0.0476. The van der Waals surface area contributed by atoms with Gasteiger partial charge in [-0.15, -0.1) is 0 Å². The number of likely N-dealkylation sites (tertiary alicyclic amines) is 1. The van der Waals surface area contributed by atoms with Gasteiger partial charge in [-0.1, -0.05) is 13.3 Å². The van der Waals surface area contributed by atoms with Crippen molar-refractivity contribution in [1.82, 2.24) is 15.1 Å². The Hall–Kier alpha value is -1.52. The highest BCUT2D eigenvalue weighted by Crippen LogP contribution is 2.30. The van der Waals surface area contributed by atoms with E-state index in [1.54, 1.807) is 0 Å². The Bertz CT molecular complexity index is 450. The highest BCUT2D eigenvalue weighted by Gasteiger charge is 2.37. The smallest absolute Gasteiger partial charge is 0.276 e. The van der Waals surface area contributed by atoms with E-state index in [1.165, 1.54) is 0 Å². The number of aromatic nitrogens is 2. The molecule has 1 fully saturated rings. The van der Waals surface area contributed by atoms with Crippen molar-refractivity contribution < 1.29 is 4.79 Å². The summed E-state index contributed by atoms with van der Waals surface area (Å²) in [6.07, 6.45) is 3.89. The monoisotopic (exact) mass is 250 g/mol. The second-order valence-electron chi connectivity index (χ2n) is 5.59. The first-order valence-electron chi connectivity index (χ1n) is 6.62. The molecule has 5 heteroatoms. The number of anilines is 1. The Labute approximate surface area is 108 Å². The number of nitrogens with two attached hydrogens (primary N) is 1. The lowest BCUT2D eigenvalue weighted by atomic mass is 10.0. The van der Waals surface area contributed by atoms with Crippen molar-refractivity contribution in [3.05, 3.63) is 11.4 Å². The highest BCUT2D eigenvalue weighted by atomic mass is 16.2. The van der Waals surface area contributed by atoms with Crippen LogP contribution in [-0.4, -0.2) is 33.1 Å². The number of aryl methyl sites for hydroxylation is 1. The molecule has 100 valence electrons. The van der Waals surface area contributed by atoms with Gasteiger partial charge in [0.1, 0.15) is 0 Å². The van der Waals surface area contributed by atoms with Gasteiger partial charge in [-0.25, -0.2) is 0 Å². The van der Waals surface area contributed by atoms with Gasteiger partial charge >= 0.3 is 0 Å². The summed E-state index contributed by atoms with van der Waals surface area (Å²) < 4.78 is 0. The topological polar surface area (TPSA) is 75.0 Å². The third-order valence-electron chi connectivity index (χ3n) is 3.73. The quantitative estimate of drug-likeness (QED) is 0.861. The first-order valence-corrected chi connectivity index (χ1v) is 6.62. The predicted molar refractivity (Wildman–Crippen MR) is 71.3 cm³/mol. The van der Waals surface area contributed by atoms with Gasteiger partial charge in [-0.05, 0) is 33.1 Å². The zero-order valence-electron chi connectivity index (χ0n) is 11.4. The van der Waals surface area contributed by atoms with E-state index in [1.807, 2.05) is 4.90 Å². The van der Waals surface area contributed by atoms with E-state index in [9.17, 15) is 4.79 Å². The number of amides is 1. The average Bonchev–Trinajstić information content (AvgIpc) is 2.83. The molecule has 0 radical (unpaired) electrons. The fourth-order valence-corrected chi connectivity index (χ4v) is 2.60. The average molecular weight is 250 g/mol. The van der Waals surface area contributed by atoms with Gasteiger partial charge in [0.15, 0.2) is 5.69 Å². The molecule has 1 saturated heterocycles. The number of carbonyl (C=O) groups is 1. The van der Waals surface area contributed by atoms with Gasteiger partial charge in [0.25, 0.3) is 5.91 Å². The summed E-state index contributed by atoms with van der Waals surface area (Å²) in [4.78, 5) is 14.3. The van der Waals surface area contributed by atoms with E-state index >= 15 is 0 Å². The molecular formula is C13H22N4O. The largest absolute Gasteiger partial charge is 0.395 e. The minimum Gasteiger partial charge on any atom is -0.395 e. The van der Waals surface area contributed by atoms with Crippen molar-refractivity contribution in [2.24, 2.45) is 0 Å². The zero-order valence-corrected chi connectivity index (χ0v) is 11.4. The van der Waals surface area contributed by atoms with Crippen LogP contribution in [0.5, 0.6) is 0 Å². The van der Waals surface area contributed by atoms with Crippen LogP contribution in [0.2, 0.25) is 0 Å². The Kier molecular flexibility index (Phi) is 3.32. The van der Waals surface area contributed by atoms with Crippen molar-refractivity contribution in [3.8, 4) is 0 Å². The van der Waals surface area contributed by atoms with Crippen LogP contribution in [-0.2, 0) is 6.42 Å². The summed E-state index contributed by atoms with van der Waals surface area (Å²) in [7, 11) is 0. The third-order valence-corrected chi connectivity index (χ3v) is 3.73. The number of hydrogen-bond donors (Lipinski definition) is 2. The van der Waals surface area contributed by atoms with E-state index in [0.717, 1.165) is 37.9 Å². The van der Waals surface area contributed by atoms with Crippen molar-refractivity contribution in [2.45, 2.75) is 52.0 Å². The summed E-state index contributed by atoms with van der Waals surface area (Å²) >= 11 is 0. The van der Waals surface area contributed by atoms with Gasteiger partial charge in [0, 0.05) is 12.1 Å². The second kappa shape index (κ2) is 4.63. The van der Waals surface area contributed by atoms with Gasteiger partial charge in [-0.3, -0.25) is 9.89 Å². The molecule has 18 heavy (non-hydrogen) atoms. The van der Waals surface area contributed by atoms with Gasteiger partial charge in [-0.2, -0.15) is 5.10 Å². The molecule has 0 aliphatic carbocycles. The SMILES string of the molecule is CCCc1[nH]nc(C(=O)N2CCCC2(C)C)c1N. The molecule has 1 aliphatic heterocycles. The minimum absolute atomic E-state index is 0.0476. The molecule has 0 aromatic carbocycles. The van der Waals surface area contributed by atoms with Crippen LogP contribution in [0.25, 0.3) is 0 Å². The molecule has 2 rings (SSSR count). The predicted octanol–water partition coefficient (Wildman–Crippen LogP) is 1.96. The van der Waals surface area contributed by atoms with Crippen molar-refractivity contribution in [1.29, 1.82) is 0 Å². The number of nitrogen functional groups attached to an aromatic ring is 1. The lowest BCUT2D eigenvalue weighted by Gasteiger charge is -2.31. The summed E-state index contributed by atoms with van der Waals surface area (Å²) in [6, 6.07) is 0. The normalized spacial score (nSPS) is 18.3. The second-order valence-corrected chi connectivity index (χ2v) is 5.59.